The van der Waals surface area contributed by atoms with Crippen LogP contribution >= 0.6 is 0 Å². The molecule has 1 saturated carbocycles. The second kappa shape index (κ2) is 5.26. The highest BCUT2D eigenvalue weighted by molar-refractivity contribution is 5.93. The van der Waals surface area contributed by atoms with Crippen molar-refractivity contribution in [3.05, 3.63) is 23.8 Å². The van der Waals surface area contributed by atoms with Crippen LogP contribution in [0.25, 0.3) is 0 Å². The van der Waals surface area contributed by atoms with Gasteiger partial charge in [0.05, 0.1) is 37.2 Å². The van der Waals surface area contributed by atoms with Gasteiger partial charge in [0.25, 0.3) is 5.91 Å². The SMILES string of the molecule is COC(=O)[C@@]12CN(C(=O)c3cnc(CO)cn3)C[C@@H]1C(C)(C)C2. The van der Waals surface area contributed by atoms with Crippen molar-refractivity contribution < 1.29 is 19.4 Å². The highest BCUT2D eigenvalue weighted by Crippen LogP contribution is 2.63. The van der Waals surface area contributed by atoms with Gasteiger partial charge in [-0.25, -0.2) is 4.98 Å². The van der Waals surface area contributed by atoms with E-state index < -0.39 is 5.41 Å². The monoisotopic (exact) mass is 319 g/mol. The van der Waals surface area contributed by atoms with E-state index in [1.54, 1.807) is 4.90 Å². The molecule has 2 aliphatic rings. The minimum atomic E-state index is -0.591. The molecular formula is C16H21N3O4. The van der Waals surface area contributed by atoms with E-state index in [1.165, 1.54) is 19.5 Å². The van der Waals surface area contributed by atoms with Crippen molar-refractivity contribution in [3.8, 4) is 0 Å². The summed E-state index contributed by atoms with van der Waals surface area (Å²) >= 11 is 0. The molecule has 2 fully saturated rings. The molecule has 0 bridgehead atoms. The lowest BCUT2D eigenvalue weighted by atomic mass is 9.48. The van der Waals surface area contributed by atoms with Gasteiger partial charge in [0.1, 0.15) is 5.69 Å². The first-order valence-corrected chi connectivity index (χ1v) is 7.63. The summed E-state index contributed by atoms with van der Waals surface area (Å²) in [6.07, 6.45) is 3.47. The van der Waals surface area contributed by atoms with Crippen LogP contribution in [0.1, 0.15) is 36.5 Å². The van der Waals surface area contributed by atoms with Gasteiger partial charge < -0.3 is 14.7 Å². The molecule has 23 heavy (non-hydrogen) atoms. The number of hydrogen-bond acceptors (Lipinski definition) is 6. The average Bonchev–Trinajstić information content (AvgIpc) is 2.89. The van der Waals surface area contributed by atoms with Crippen LogP contribution in [0.15, 0.2) is 12.4 Å². The summed E-state index contributed by atoms with van der Waals surface area (Å²) in [6.45, 7) is 4.89. The average molecular weight is 319 g/mol. The Bertz CT molecular complexity index is 643. The number of hydrogen-bond donors (Lipinski definition) is 1. The molecule has 1 N–H and O–H groups in total. The van der Waals surface area contributed by atoms with Gasteiger partial charge in [0.2, 0.25) is 0 Å². The van der Waals surface area contributed by atoms with E-state index in [9.17, 15) is 9.59 Å². The number of likely N-dealkylation sites (tertiary alicyclic amines) is 1. The maximum absolute atomic E-state index is 12.6. The van der Waals surface area contributed by atoms with E-state index in [4.69, 9.17) is 9.84 Å². The molecule has 7 heteroatoms. The van der Waals surface area contributed by atoms with E-state index in [1.807, 2.05) is 0 Å². The fourth-order valence-electron chi connectivity index (χ4n) is 4.24. The molecule has 1 aliphatic heterocycles. The number of methoxy groups -OCH3 is 1. The standard InChI is InChI=1S/C16H21N3O4/c1-15(2)8-16(14(22)23-3)9-19(6-12(15)16)13(21)11-5-17-10(7-20)4-18-11/h4-5,12,20H,6-9H2,1-3H3/t12-,16+/m1/s1. The van der Waals surface area contributed by atoms with Crippen molar-refractivity contribution in [1.29, 1.82) is 0 Å². The number of carbonyl (C=O) groups is 2. The normalized spacial score (nSPS) is 28.0. The summed E-state index contributed by atoms with van der Waals surface area (Å²) in [5.41, 5.74) is 0.0543. The molecule has 1 amide bonds. The van der Waals surface area contributed by atoms with E-state index >= 15 is 0 Å². The molecule has 0 spiro atoms. The van der Waals surface area contributed by atoms with Crippen LogP contribution < -0.4 is 0 Å². The number of carbonyl (C=O) groups excluding carboxylic acids is 2. The first-order chi connectivity index (χ1) is 10.8. The Labute approximate surface area is 134 Å². The van der Waals surface area contributed by atoms with Crippen LogP contribution in [0.2, 0.25) is 0 Å². The van der Waals surface area contributed by atoms with Gasteiger partial charge in [-0.3, -0.25) is 14.6 Å². The predicted octanol–water partition coefficient (Wildman–Crippen LogP) is 0.630. The number of esters is 1. The molecule has 7 nitrogen and oxygen atoms in total. The van der Waals surface area contributed by atoms with Crippen LogP contribution in [0, 0.1) is 16.7 Å². The van der Waals surface area contributed by atoms with Crippen molar-refractivity contribution in [1.82, 2.24) is 14.9 Å². The molecule has 0 unspecified atom stereocenters. The van der Waals surface area contributed by atoms with Gasteiger partial charge in [-0.1, -0.05) is 13.8 Å². The number of aliphatic hydroxyl groups excluding tert-OH is 1. The lowest BCUT2D eigenvalue weighted by Gasteiger charge is -2.54. The third kappa shape index (κ3) is 2.30. The number of aromatic nitrogens is 2. The largest absolute Gasteiger partial charge is 0.469 e. The topological polar surface area (TPSA) is 92.6 Å². The van der Waals surface area contributed by atoms with E-state index in [-0.39, 0.29) is 35.5 Å². The Morgan fingerprint density at radius 3 is 2.65 bits per heavy atom. The van der Waals surface area contributed by atoms with Crippen LogP contribution in [0.5, 0.6) is 0 Å². The summed E-state index contributed by atoms with van der Waals surface area (Å²) in [5, 5.41) is 8.99. The van der Waals surface area contributed by atoms with Crippen LogP contribution in [0.3, 0.4) is 0 Å². The zero-order chi connectivity index (χ0) is 16.8. The van der Waals surface area contributed by atoms with Gasteiger partial charge >= 0.3 is 5.97 Å². The van der Waals surface area contributed by atoms with Gasteiger partial charge in [-0.05, 0) is 17.8 Å². The Kier molecular flexibility index (Phi) is 3.63. The smallest absolute Gasteiger partial charge is 0.314 e. The summed E-state index contributed by atoms with van der Waals surface area (Å²) in [4.78, 5) is 34.6. The maximum atomic E-state index is 12.6. The lowest BCUT2D eigenvalue weighted by Crippen LogP contribution is -2.57. The van der Waals surface area contributed by atoms with E-state index in [2.05, 4.69) is 23.8 Å². The Hall–Kier alpha value is -2.02. The number of amides is 1. The minimum Gasteiger partial charge on any atom is -0.469 e. The van der Waals surface area contributed by atoms with E-state index in [0.29, 0.717) is 18.8 Å². The van der Waals surface area contributed by atoms with Gasteiger partial charge in [0, 0.05) is 13.1 Å². The van der Waals surface area contributed by atoms with Crippen molar-refractivity contribution in [2.24, 2.45) is 16.7 Å². The molecule has 2 heterocycles. The highest BCUT2D eigenvalue weighted by Gasteiger charge is 2.68. The molecule has 1 saturated heterocycles. The predicted molar refractivity (Wildman–Crippen MR) is 80.2 cm³/mol. The first-order valence-electron chi connectivity index (χ1n) is 7.63. The Morgan fingerprint density at radius 1 is 1.39 bits per heavy atom. The summed E-state index contributed by atoms with van der Waals surface area (Å²) in [5.74, 6) is -0.384. The number of ether oxygens (including phenoxy) is 1. The molecule has 124 valence electrons. The lowest BCUT2D eigenvalue weighted by molar-refractivity contribution is -0.174. The van der Waals surface area contributed by atoms with Crippen LogP contribution in [-0.4, -0.2) is 52.1 Å². The van der Waals surface area contributed by atoms with Crippen molar-refractivity contribution in [2.45, 2.75) is 26.9 Å². The van der Waals surface area contributed by atoms with Crippen molar-refractivity contribution in [2.75, 3.05) is 20.2 Å². The minimum absolute atomic E-state index is 0.00957. The number of aliphatic hydroxyl groups is 1. The zero-order valence-electron chi connectivity index (χ0n) is 13.6. The Morgan fingerprint density at radius 2 is 2.13 bits per heavy atom. The molecule has 1 aliphatic carbocycles. The fourth-order valence-corrected chi connectivity index (χ4v) is 4.24. The van der Waals surface area contributed by atoms with Gasteiger partial charge in [0.15, 0.2) is 0 Å². The molecule has 0 radical (unpaired) electrons. The maximum Gasteiger partial charge on any atom is 0.314 e. The zero-order valence-corrected chi connectivity index (χ0v) is 13.6. The van der Waals surface area contributed by atoms with Crippen LogP contribution in [-0.2, 0) is 16.1 Å². The van der Waals surface area contributed by atoms with Gasteiger partial charge in [-0.2, -0.15) is 0 Å². The highest BCUT2D eigenvalue weighted by atomic mass is 16.5. The molecule has 2 atom stereocenters. The number of fused-ring (bicyclic) bond motifs is 1. The molecule has 3 rings (SSSR count). The quantitative estimate of drug-likeness (QED) is 0.822. The molecule has 1 aromatic rings. The van der Waals surface area contributed by atoms with Crippen molar-refractivity contribution in [3.63, 3.8) is 0 Å². The van der Waals surface area contributed by atoms with Crippen LogP contribution in [0.4, 0.5) is 0 Å². The molecule has 0 aromatic carbocycles. The summed E-state index contributed by atoms with van der Waals surface area (Å²) in [7, 11) is 1.39. The molecule has 1 aromatic heterocycles. The number of rotatable bonds is 3. The third-order valence-electron chi connectivity index (χ3n) is 5.22. The number of nitrogens with zero attached hydrogens (tertiary/aromatic N) is 3. The van der Waals surface area contributed by atoms with Crippen molar-refractivity contribution >= 4 is 11.9 Å². The first kappa shape index (κ1) is 15.9. The fraction of sp³-hybridized carbons (Fsp3) is 0.625. The summed E-state index contributed by atoms with van der Waals surface area (Å²) in [6, 6.07) is 0. The second-order valence-electron chi connectivity index (χ2n) is 7.10. The third-order valence-corrected chi connectivity index (χ3v) is 5.22. The summed E-state index contributed by atoms with van der Waals surface area (Å²) < 4.78 is 4.98. The van der Waals surface area contributed by atoms with E-state index in [0.717, 1.165) is 6.42 Å². The Balaban J connectivity index is 1.82. The van der Waals surface area contributed by atoms with Gasteiger partial charge in [-0.15, -0.1) is 0 Å². The molecular weight excluding hydrogens is 298 g/mol. The second-order valence-corrected chi connectivity index (χ2v) is 7.10.